The average molecular weight is 718 g/mol. The lowest BCUT2D eigenvalue weighted by molar-refractivity contribution is -0.388. The normalized spacial score (nSPS) is 49.4. The summed E-state index contributed by atoms with van der Waals surface area (Å²) in [4.78, 5) is 12.5. The number of aliphatic hydroxyl groups is 10. The first-order valence-corrected chi connectivity index (χ1v) is 16.3. The summed E-state index contributed by atoms with van der Waals surface area (Å²) < 4.78 is 46.8. The number of amides is 1. The van der Waals surface area contributed by atoms with E-state index in [0.717, 1.165) is 6.92 Å². The van der Waals surface area contributed by atoms with Crippen LogP contribution in [0.5, 0.6) is 0 Å². The molecule has 0 aromatic rings. The quantitative estimate of drug-likeness (QED) is 0.0895. The van der Waals surface area contributed by atoms with Gasteiger partial charge in [-0.15, -0.1) is 0 Å². The van der Waals surface area contributed by atoms with Gasteiger partial charge in [-0.1, -0.05) is 6.92 Å². The third-order valence-corrected chi connectivity index (χ3v) is 9.00. The second-order valence-electron chi connectivity index (χ2n) is 12.7. The second kappa shape index (κ2) is 17.5. The van der Waals surface area contributed by atoms with Crippen LogP contribution in [0.4, 0.5) is 0 Å². The first-order chi connectivity index (χ1) is 23.1. The molecule has 49 heavy (non-hydrogen) atoms. The molecule has 4 fully saturated rings. The van der Waals surface area contributed by atoms with Crippen molar-refractivity contribution in [2.75, 3.05) is 19.8 Å². The number of hydrogen-bond donors (Lipinski definition) is 11. The van der Waals surface area contributed by atoms with Gasteiger partial charge in [0, 0.05) is 13.5 Å². The van der Waals surface area contributed by atoms with E-state index in [4.69, 9.17) is 37.9 Å². The molecule has 20 heteroatoms. The first kappa shape index (κ1) is 40.5. The van der Waals surface area contributed by atoms with Crippen molar-refractivity contribution < 1.29 is 93.8 Å². The smallest absolute Gasteiger partial charge is 0.217 e. The zero-order valence-corrected chi connectivity index (χ0v) is 27.5. The van der Waals surface area contributed by atoms with E-state index >= 15 is 0 Å². The SMILES string of the molecule is CCCO[C@@H]1OC(C)[C@H](O)[C@@H](O[C@H]2O[C@H](CO)[C@@H](O)C(O)C2O)C1O[C@@H]1OC(CO)[C@H](O)C(O[C@@H]2OC(C)[C@H](O)[C@@H](O)C2O)[C@@H]1NC(C)=O. The average Bonchev–Trinajstić information content (AvgIpc) is 3.07. The molecule has 20 atom stereocenters. The Morgan fingerprint density at radius 2 is 1.08 bits per heavy atom. The highest BCUT2D eigenvalue weighted by Crippen LogP contribution is 2.35. The molecule has 0 aliphatic carbocycles. The fourth-order valence-electron chi connectivity index (χ4n) is 6.16. The molecule has 0 aromatic carbocycles. The molecule has 11 N–H and O–H groups in total. The van der Waals surface area contributed by atoms with Gasteiger partial charge in [-0.3, -0.25) is 4.79 Å². The largest absolute Gasteiger partial charge is 0.394 e. The van der Waals surface area contributed by atoms with E-state index in [1.165, 1.54) is 13.8 Å². The molecule has 0 bridgehead atoms. The van der Waals surface area contributed by atoms with Crippen LogP contribution in [0.25, 0.3) is 0 Å². The van der Waals surface area contributed by atoms with Crippen molar-refractivity contribution in [3.05, 3.63) is 0 Å². The predicted octanol–water partition coefficient (Wildman–Crippen LogP) is -6.12. The van der Waals surface area contributed by atoms with Crippen LogP contribution in [-0.2, 0) is 42.7 Å². The predicted molar refractivity (Wildman–Crippen MR) is 157 cm³/mol. The summed E-state index contributed by atoms with van der Waals surface area (Å²) in [5.74, 6) is -0.666. The molecule has 4 saturated heterocycles. The molecule has 0 aromatic heterocycles. The lowest BCUT2D eigenvalue weighted by atomic mass is 9.94. The standard InChI is InChI=1S/C29H51NO19/c1-5-6-42-29-25(24(16(35)10(3)44-29)48-28-22(41)20(39)17(36)12(7-31)46-28)49-26-14(30-11(4)33)23(18(37)13(8-32)45-26)47-27-21(40)19(38)15(34)9(2)43-27/h9-10,12-29,31-32,34-41H,5-8H2,1-4H3,(H,30,33)/t9?,10?,12-,13?,14+,15+,16+,17-,18+,19-,20?,21?,22?,23?,24-,25?,26+,27+,28-,29-/m1/s1. The van der Waals surface area contributed by atoms with E-state index in [2.05, 4.69) is 5.32 Å². The van der Waals surface area contributed by atoms with Crippen LogP contribution in [0.15, 0.2) is 0 Å². The summed E-state index contributed by atoms with van der Waals surface area (Å²) in [5, 5.41) is 107. The lowest BCUT2D eigenvalue weighted by Crippen LogP contribution is -2.70. The van der Waals surface area contributed by atoms with Gasteiger partial charge in [0.25, 0.3) is 0 Å². The Hall–Kier alpha value is -1.25. The van der Waals surface area contributed by atoms with Gasteiger partial charge in [-0.25, -0.2) is 0 Å². The Balaban J connectivity index is 1.68. The Morgan fingerprint density at radius 1 is 0.592 bits per heavy atom. The Bertz CT molecular complexity index is 1040. The van der Waals surface area contributed by atoms with Crippen molar-refractivity contribution in [1.29, 1.82) is 0 Å². The zero-order valence-electron chi connectivity index (χ0n) is 27.5. The van der Waals surface area contributed by atoms with Crippen LogP contribution in [0.2, 0.25) is 0 Å². The highest BCUT2D eigenvalue weighted by atomic mass is 16.8. The van der Waals surface area contributed by atoms with Gasteiger partial charge in [0.1, 0.15) is 85.4 Å². The minimum Gasteiger partial charge on any atom is -0.394 e. The zero-order chi connectivity index (χ0) is 36.3. The summed E-state index contributed by atoms with van der Waals surface area (Å²) in [5.41, 5.74) is 0. The number of rotatable bonds is 12. The number of aliphatic hydroxyl groups excluding tert-OH is 10. The molecular weight excluding hydrogens is 666 g/mol. The van der Waals surface area contributed by atoms with Gasteiger partial charge < -0.3 is 94.3 Å². The van der Waals surface area contributed by atoms with Crippen molar-refractivity contribution >= 4 is 5.91 Å². The van der Waals surface area contributed by atoms with Crippen molar-refractivity contribution in [3.63, 3.8) is 0 Å². The summed E-state index contributed by atoms with van der Waals surface area (Å²) >= 11 is 0. The second-order valence-corrected chi connectivity index (χ2v) is 12.7. The topological polar surface area (TPSA) is 305 Å². The summed E-state index contributed by atoms with van der Waals surface area (Å²) in [6.45, 7) is 4.41. The van der Waals surface area contributed by atoms with Crippen molar-refractivity contribution in [3.8, 4) is 0 Å². The van der Waals surface area contributed by atoms with Crippen LogP contribution >= 0.6 is 0 Å². The molecule has 4 aliphatic heterocycles. The maximum absolute atomic E-state index is 12.5. The van der Waals surface area contributed by atoms with Gasteiger partial charge in [0.2, 0.25) is 5.91 Å². The molecule has 1 amide bonds. The molecule has 286 valence electrons. The Morgan fingerprint density at radius 3 is 1.67 bits per heavy atom. The van der Waals surface area contributed by atoms with Crippen LogP contribution < -0.4 is 5.32 Å². The van der Waals surface area contributed by atoms with Crippen LogP contribution in [0, 0.1) is 0 Å². The molecule has 4 heterocycles. The minimum atomic E-state index is -1.86. The van der Waals surface area contributed by atoms with E-state index < -0.39 is 142 Å². The van der Waals surface area contributed by atoms with Crippen LogP contribution in [0.3, 0.4) is 0 Å². The maximum Gasteiger partial charge on any atom is 0.217 e. The fourth-order valence-corrected chi connectivity index (χ4v) is 6.16. The van der Waals surface area contributed by atoms with Gasteiger partial charge in [0.05, 0.1) is 25.4 Å². The van der Waals surface area contributed by atoms with Gasteiger partial charge in [-0.05, 0) is 20.3 Å². The molecule has 0 spiro atoms. The van der Waals surface area contributed by atoms with E-state index in [0.29, 0.717) is 6.42 Å². The summed E-state index contributed by atoms with van der Waals surface area (Å²) in [6.07, 6.45) is -28.8. The third kappa shape index (κ3) is 8.87. The highest BCUT2D eigenvalue weighted by Gasteiger charge is 2.56. The fraction of sp³-hybridized carbons (Fsp3) is 0.966. The van der Waals surface area contributed by atoms with Crippen molar-refractivity contribution in [2.45, 2.75) is 157 Å². The Labute approximate surface area is 281 Å². The van der Waals surface area contributed by atoms with E-state index in [9.17, 15) is 55.9 Å². The van der Waals surface area contributed by atoms with Gasteiger partial charge >= 0.3 is 0 Å². The number of nitrogens with one attached hydrogen (secondary N) is 1. The van der Waals surface area contributed by atoms with E-state index in [-0.39, 0.29) is 6.61 Å². The molecule has 20 nitrogen and oxygen atoms in total. The summed E-state index contributed by atoms with van der Waals surface area (Å²) in [7, 11) is 0. The van der Waals surface area contributed by atoms with E-state index in [1.54, 1.807) is 0 Å². The number of ether oxygens (including phenoxy) is 8. The van der Waals surface area contributed by atoms with Crippen molar-refractivity contribution in [2.24, 2.45) is 0 Å². The van der Waals surface area contributed by atoms with Crippen molar-refractivity contribution in [1.82, 2.24) is 5.32 Å². The molecular formula is C29H51NO19. The Kier molecular flexibility index (Phi) is 14.5. The number of hydrogen-bond acceptors (Lipinski definition) is 19. The van der Waals surface area contributed by atoms with Gasteiger partial charge in [-0.2, -0.15) is 0 Å². The first-order valence-electron chi connectivity index (χ1n) is 16.3. The molecule has 8 unspecified atom stereocenters. The highest BCUT2D eigenvalue weighted by molar-refractivity contribution is 5.73. The molecule has 0 radical (unpaired) electrons. The van der Waals surface area contributed by atoms with Crippen LogP contribution in [-0.4, -0.2) is 200 Å². The maximum atomic E-state index is 12.5. The van der Waals surface area contributed by atoms with Gasteiger partial charge in [0.15, 0.2) is 25.2 Å². The van der Waals surface area contributed by atoms with E-state index in [1.807, 2.05) is 6.92 Å². The lowest BCUT2D eigenvalue weighted by Gasteiger charge is -2.50. The number of carbonyl (C=O) groups excluding carboxylic acids is 1. The monoisotopic (exact) mass is 717 g/mol. The van der Waals surface area contributed by atoms with Crippen LogP contribution in [0.1, 0.15) is 34.1 Å². The molecule has 4 aliphatic rings. The number of carbonyl (C=O) groups is 1. The minimum absolute atomic E-state index is 0.119. The molecule has 0 saturated carbocycles. The molecule has 4 rings (SSSR count). The summed E-state index contributed by atoms with van der Waals surface area (Å²) in [6, 6.07) is -1.46. The third-order valence-electron chi connectivity index (χ3n) is 9.00.